The van der Waals surface area contributed by atoms with Gasteiger partial charge in [0.25, 0.3) is 0 Å². The van der Waals surface area contributed by atoms with Crippen LogP contribution < -0.4 is 11.1 Å². The van der Waals surface area contributed by atoms with Gasteiger partial charge >= 0.3 is 0 Å². The summed E-state index contributed by atoms with van der Waals surface area (Å²) in [6.07, 6.45) is 6.48. The van der Waals surface area contributed by atoms with Gasteiger partial charge < -0.3 is 15.8 Å². The normalized spacial score (nSPS) is 31.3. The van der Waals surface area contributed by atoms with Crippen LogP contribution in [0.3, 0.4) is 0 Å². The SMILES string of the molecule is CC1CCC(CN)(N(C)CC(=O)NC2CCOCC2)CC1. The van der Waals surface area contributed by atoms with E-state index >= 15 is 0 Å². The molecule has 0 aromatic rings. The molecule has 0 atom stereocenters. The molecule has 1 saturated heterocycles. The topological polar surface area (TPSA) is 67.6 Å². The second-order valence-electron chi connectivity index (χ2n) is 6.92. The summed E-state index contributed by atoms with van der Waals surface area (Å²) >= 11 is 0. The van der Waals surface area contributed by atoms with Crippen molar-refractivity contribution in [1.29, 1.82) is 0 Å². The summed E-state index contributed by atoms with van der Waals surface area (Å²) in [6.45, 7) is 4.90. The van der Waals surface area contributed by atoms with Gasteiger partial charge in [-0.2, -0.15) is 0 Å². The summed E-state index contributed by atoms with van der Waals surface area (Å²) in [7, 11) is 2.05. The lowest BCUT2D eigenvalue weighted by molar-refractivity contribution is -0.125. The van der Waals surface area contributed by atoms with Crippen molar-refractivity contribution in [2.24, 2.45) is 11.7 Å². The molecular weight excluding hydrogens is 266 g/mol. The highest BCUT2D eigenvalue weighted by Gasteiger charge is 2.37. The highest BCUT2D eigenvalue weighted by atomic mass is 16.5. The van der Waals surface area contributed by atoms with Crippen molar-refractivity contribution in [3.63, 3.8) is 0 Å². The van der Waals surface area contributed by atoms with E-state index in [9.17, 15) is 4.79 Å². The van der Waals surface area contributed by atoms with Crippen molar-refractivity contribution in [3.8, 4) is 0 Å². The number of nitrogens with zero attached hydrogens (tertiary/aromatic N) is 1. The van der Waals surface area contributed by atoms with Gasteiger partial charge in [0.1, 0.15) is 0 Å². The molecule has 0 spiro atoms. The van der Waals surface area contributed by atoms with Gasteiger partial charge in [-0.05, 0) is 51.5 Å². The van der Waals surface area contributed by atoms with Crippen molar-refractivity contribution in [2.75, 3.05) is 33.4 Å². The lowest BCUT2D eigenvalue weighted by Crippen LogP contribution is -2.57. The second-order valence-corrected chi connectivity index (χ2v) is 6.92. The summed E-state index contributed by atoms with van der Waals surface area (Å²) in [4.78, 5) is 14.4. The third-order valence-corrected chi connectivity index (χ3v) is 5.36. The van der Waals surface area contributed by atoms with Crippen molar-refractivity contribution >= 4 is 5.91 Å². The van der Waals surface area contributed by atoms with Crippen LogP contribution in [0.5, 0.6) is 0 Å². The molecule has 0 radical (unpaired) electrons. The zero-order valence-corrected chi connectivity index (χ0v) is 13.6. The number of ether oxygens (including phenoxy) is 1. The predicted molar refractivity (Wildman–Crippen MR) is 84.0 cm³/mol. The van der Waals surface area contributed by atoms with Crippen molar-refractivity contribution < 1.29 is 9.53 Å². The van der Waals surface area contributed by atoms with Crippen molar-refractivity contribution in [2.45, 2.75) is 57.0 Å². The fourth-order valence-corrected chi connectivity index (χ4v) is 3.54. The quantitative estimate of drug-likeness (QED) is 0.798. The van der Waals surface area contributed by atoms with E-state index in [4.69, 9.17) is 10.5 Å². The largest absolute Gasteiger partial charge is 0.381 e. The molecule has 1 aliphatic carbocycles. The van der Waals surface area contributed by atoms with Gasteiger partial charge in [-0.15, -0.1) is 0 Å². The van der Waals surface area contributed by atoms with Gasteiger partial charge in [-0.3, -0.25) is 9.69 Å². The first-order valence-electron chi connectivity index (χ1n) is 8.34. The Morgan fingerprint density at radius 3 is 2.48 bits per heavy atom. The van der Waals surface area contributed by atoms with Gasteiger partial charge in [-0.1, -0.05) is 6.92 Å². The summed E-state index contributed by atoms with van der Waals surface area (Å²) in [5, 5.41) is 3.14. The van der Waals surface area contributed by atoms with E-state index in [-0.39, 0.29) is 17.5 Å². The van der Waals surface area contributed by atoms with E-state index in [1.165, 1.54) is 12.8 Å². The smallest absolute Gasteiger partial charge is 0.234 e. The Balaban J connectivity index is 1.83. The summed E-state index contributed by atoms with van der Waals surface area (Å²) in [5.74, 6) is 0.907. The maximum atomic E-state index is 12.3. The number of likely N-dealkylation sites (N-methyl/N-ethyl adjacent to an activating group) is 1. The molecule has 2 fully saturated rings. The van der Waals surface area contributed by atoms with Crippen LogP contribution in [0.2, 0.25) is 0 Å². The van der Waals surface area contributed by atoms with Gasteiger partial charge in [0, 0.05) is 31.3 Å². The Labute approximate surface area is 128 Å². The number of nitrogens with one attached hydrogen (secondary N) is 1. The minimum atomic E-state index is 0.0134. The number of carbonyl (C=O) groups is 1. The summed E-state index contributed by atoms with van der Waals surface area (Å²) in [6, 6.07) is 0.278. The molecule has 2 aliphatic rings. The van der Waals surface area contributed by atoms with Crippen LogP contribution in [0.15, 0.2) is 0 Å². The van der Waals surface area contributed by atoms with Gasteiger partial charge in [0.2, 0.25) is 5.91 Å². The Bertz CT molecular complexity index is 334. The molecule has 5 heteroatoms. The lowest BCUT2D eigenvalue weighted by atomic mass is 9.76. The summed E-state index contributed by atoms with van der Waals surface area (Å²) in [5.41, 5.74) is 6.07. The third-order valence-electron chi connectivity index (χ3n) is 5.36. The molecule has 0 bridgehead atoms. The molecule has 3 N–H and O–H groups in total. The van der Waals surface area contributed by atoms with Crippen LogP contribution in [0.4, 0.5) is 0 Å². The standard InChI is InChI=1S/C16H31N3O2/c1-13-3-7-16(12-17,8-4-13)19(2)11-15(20)18-14-5-9-21-10-6-14/h13-14H,3-12,17H2,1-2H3,(H,18,20). The number of nitrogens with two attached hydrogens (primary N) is 1. The number of hydrogen-bond acceptors (Lipinski definition) is 4. The highest BCUT2D eigenvalue weighted by Crippen LogP contribution is 2.34. The first-order chi connectivity index (χ1) is 10.1. The number of amides is 1. The maximum absolute atomic E-state index is 12.3. The summed E-state index contributed by atoms with van der Waals surface area (Å²) < 4.78 is 5.32. The zero-order chi connectivity index (χ0) is 15.3. The molecule has 122 valence electrons. The van der Waals surface area contributed by atoms with Crippen LogP contribution in [-0.2, 0) is 9.53 Å². The Hall–Kier alpha value is -0.650. The average molecular weight is 297 g/mol. The van der Waals surface area contributed by atoms with E-state index in [1.54, 1.807) is 0 Å². The van der Waals surface area contributed by atoms with E-state index in [0.717, 1.165) is 44.8 Å². The minimum absolute atomic E-state index is 0.0134. The van der Waals surface area contributed by atoms with E-state index in [2.05, 4.69) is 17.1 Å². The van der Waals surface area contributed by atoms with Gasteiger partial charge in [0.05, 0.1) is 6.54 Å². The minimum Gasteiger partial charge on any atom is -0.381 e. The molecule has 0 unspecified atom stereocenters. The van der Waals surface area contributed by atoms with E-state index in [1.807, 2.05) is 7.05 Å². The second kappa shape index (κ2) is 7.56. The monoisotopic (exact) mass is 297 g/mol. The van der Waals surface area contributed by atoms with Crippen LogP contribution in [0, 0.1) is 5.92 Å². The Morgan fingerprint density at radius 1 is 1.29 bits per heavy atom. The fraction of sp³-hybridized carbons (Fsp3) is 0.938. The molecule has 21 heavy (non-hydrogen) atoms. The van der Waals surface area contributed by atoms with Crippen molar-refractivity contribution in [3.05, 3.63) is 0 Å². The maximum Gasteiger partial charge on any atom is 0.234 e. The lowest BCUT2D eigenvalue weighted by Gasteiger charge is -2.45. The molecule has 0 aromatic heterocycles. The first kappa shape index (κ1) is 16.7. The zero-order valence-electron chi connectivity index (χ0n) is 13.6. The third kappa shape index (κ3) is 4.41. The molecule has 1 aliphatic heterocycles. The molecule has 1 saturated carbocycles. The van der Waals surface area contributed by atoms with Crippen LogP contribution in [0.25, 0.3) is 0 Å². The van der Waals surface area contributed by atoms with E-state index in [0.29, 0.717) is 13.1 Å². The highest BCUT2D eigenvalue weighted by molar-refractivity contribution is 5.78. The average Bonchev–Trinajstić information content (AvgIpc) is 2.49. The predicted octanol–water partition coefficient (Wildman–Crippen LogP) is 1.12. The first-order valence-corrected chi connectivity index (χ1v) is 8.34. The van der Waals surface area contributed by atoms with Crippen molar-refractivity contribution in [1.82, 2.24) is 10.2 Å². The van der Waals surface area contributed by atoms with E-state index < -0.39 is 0 Å². The number of carbonyl (C=O) groups excluding carboxylic acids is 1. The molecule has 2 rings (SSSR count). The van der Waals surface area contributed by atoms with Gasteiger partial charge in [0.15, 0.2) is 0 Å². The Kier molecular flexibility index (Phi) is 6.02. The molecule has 1 amide bonds. The van der Waals surface area contributed by atoms with Crippen LogP contribution >= 0.6 is 0 Å². The fourth-order valence-electron chi connectivity index (χ4n) is 3.54. The molecule has 1 heterocycles. The number of hydrogen-bond donors (Lipinski definition) is 2. The van der Waals surface area contributed by atoms with Gasteiger partial charge in [-0.25, -0.2) is 0 Å². The molecule has 0 aromatic carbocycles. The molecule has 5 nitrogen and oxygen atoms in total. The Morgan fingerprint density at radius 2 is 1.90 bits per heavy atom. The van der Waals surface area contributed by atoms with Crippen LogP contribution in [-0.4, -0.2) is 55.7 Å². The number of rotatable bonds is 5. The van der Waals surface area contributed by atoms with Crippen LogP contribution in [0.1, 0.15) is 45.4 Å². The molecular formula is C16H31N3O2.